The summed E-state index contributed by atoms with van der Waals surface area (Å²) in [6.45, 7) is 2.19. The van der Waals surface area contributed by atoms with Crippen LogP contribution in [0.15, 0.2) is 24.3 Å². The lowest BCUT2D eigenvalue weighted by atomic mass is 10.0. The third-order valence-electron chi connectivity index (χ3n) is 2.54. The van der Waals surface area contributed by atoms with Gasteiger partial charge >= 0.3 is 18.1 Å². The van der Waals surface area contributed by atoms with Crippen LogP contribution in [0.3, 0.4) is 0 Å². The molecule has 0 fully saturated rings. The van der Waals surface area contributed by atoms with Crippen molar-refractivity contribution >= 4 is 11.9 Å². The maximum atomic E-state index is 12.2. The largest absolute Gasteiger partial charge is 0.494 e. The van der Waals surface area contributed by atoms with Crippen LogP contribution in [0.1, 0.15) is 24.9 Å². The van der Waals surface area contributed by atoms with E-state index in [9.17, 15) is 22.8 Å². The highest BCUT2D eigenvalue weighted by molar-refractivity contribution is 5.82. The van der Waals surface area contributed by atoms with Crippen LogP contribution in [0, 0.1) is 0 Å². The normalized spacial score (nSPS) is 12.6. The van der Waals surface area contributed by atoms with Crippen LogP contribution >= 0.6 is 0 Å². The van der Waals surface area contributed by atoms with Crippen LogP contribution in [0.5, 0.6) is 5.75 Å². The number of hydrogen-bond acceptors (Lipinski definition) is 3. The van der Waals surface area contributed by atoms with Crippen molar-refractivity contribution in [1.82, 2.24) is 5.32 Å². The first-order valence-electron chi connectivity index (χ1n) is 6.06. The molecule has 1 aromatic rings. The number of aliphatic carboxylic acids is 1. The molecule has 0 aromatic heterocycles. The lowest BCUT2D eigenvalue weighted by molar-refractivity contribution is -0.174. The molecule has 1 aromatic carbocycles. The molecule has 0 bridgehead atoms. The van der Waals surface area contributed by atoms with Gasteiger partial charge in [-0.3, -0.25) is 9.59 Å². The lowest BCUT2D eigenvalue weighted by Gasteiger charge is -2.18. The van der Waals surface area contributed by atoms with Gasteiger partial charge in [-0.1, -0.05) is 12.1 Å². The molecule has 5 nitrogen and oxygen atoms in total. The Labute approximate surface area is 118 Å². The fourth-order valence-electron chi connectivity index (χ4n) is 1.63. The average molecular weight is 305 g/mol. The minimum atomic E-state index is -5.07. The number of rotatable bonds is 6. The van der Waals surface area contributed by atoms with E-state index < -0.39 is 30.5 Å². The number of carboxylic acid groups (broad SMARTS) is 1. The maximum Gasteiger partial charge on any atom is 0.471 e. The summed E-state index contributed by atoms with van der Waals surface area (Å²) in [5.74, 6) is -3.00. The van der Waals surface area contributed by atoms with Gasteiger partial charge in [-0.25, -0.2) is 0 Å². The fourth-order valence-corrected chi connectivity index (χ4v) is 1.63. The van der Waals surface area contributed by atoms with E-state index in [4.69, 9.17) is 9.84 Å². The zero-order valence-corrected chi connectivity index (χ0v) is 11.1. The standard InChI is InChI=1S/C13H14F3NO4/c1-2-21-9-5-3-8(4-6-9)10(7-11(18)19)17-12(20)13(14,15)16/h3-6,10H,2,7H2,1H3,(H,17,20)(H,18,19)/t10-/m1/s1. The number of halogens is 3. The molecule has 0 unspecified atom stereocenters. The van der Waals surface area contributed by atoms with Gasteiger partial charge in [0.1, 0.15) is 5.75 Å². The molecule has 8 heteroatoms. The highest BCUT2D eigenvalue weighted by Crippen LogP contribution is 2.23. The van der Waals surface area contributed by atoms with Gasteiger partial charge in [0, 0.05) is 0 Å². The monoisotopic (exact) mass is 305 g/mol. The first-order chi connectivity index (χ1) is 9.74. The van der Waals surface area contributed by atoms with Crippen LogP contribution in [0.2, 0.25) is 0 Å². The number of amides is 1. The van der Waals surface area contributed by atoms with Gasteiger partial charge in [-0.2, -0.15) is 13.2 Å². The number of carboxylic acids is 1. The van der Waals surface area contributed by atoms with Crippen LogP contribution in [0.4, 0.5) is 13.2 Å². The van der Waals surface area contributed by atoms with Gasteiger partial charge in [-0.05, 0) is 24.6 Å². The van der Waals surface area contributed by atoms with Gasteiger partial charge in [0.25, 0.3) is 0 Å². The van der Waals surface area contributed by atoms with Crippen molar-refractivity contribution < 1.29 is 32.6 Å². The quantitative estimate of drug-likeness (QED) is 0.845. The fraction of sp³-hybridized carbons (Fsp3) is 0.385. The second-order valence-corrected chi connectivity index (χ2v) is 4.12. The number of ether oxygens (including phenoxy) is 1. The molecule has 0 spiro atoms. The van der Waals surface area contributed by atoms with Crippen LogP contribution in [0.25, 0.3) is 0 Å². The summed E-state index contributed by atoms with van der Waals surface area (Å²) in [6.07, 6.45) is -5.72. The summed E-state index contributed by atoms with van der Waals surface area (Å²) in [5.41, 5.74) is 0.249. The Morgan fingerprint density at radius 3 is 2.29 bits per heavy atom. The predicted octanol–water partition coefficient (Wildman–Crippen LogP) is 2.28. The van der Waals surface area contributed by atoms with Gasteiger partial charge in [0.05, 0.1) is 19.1 Å². The third-order valence-corrected chi connectivity index (χ3v) is 2.54. The molecule has 0 saturated heterocycles. The molecule has 1 atom stereocenters. The Morgan fingerprint density at radius 2 is 1.86 bits per heavy atom. The van der Waals surface area contributed by atoms with Crippen molar-refractivity contribution in [3.8, 4) is 5.75 Å². The van der Waals surface area contributed by atoms with E-state index in [1.165, 1.54) is 24.3 Å². The van der Waals surface area contributed by atoms with Crippen molar-refractivity contribution in [3.05, 3.63) is 29.8 Å². The SMILES string of the molecule is CCOc1ccc([C@@H](CC(=O)O)NC(=O)C(F)(F)F)cc1. The number of carbonyl (C=O) groups is 2. The van der Waals surface area contributed by atoms with E-state index in [0.29, 0.717) is 12.4 Å². The van der Waals surface area contributed by atoms with E-state index in [0.717, 1.165) is 0 Å². The number of carbonyl (C=O) groups excluding carboxylic acids is 1. The summed E-state index contributed by atoms with van der Waals surface area (Å²) < 4.78 is 41.9. The van der Waals surface area contributed by atoms with E-state index in [1.54, 1.807) is 12.2 Å². The van der Waals surface area contributed by atoms with Crippen molar-refractivity contribution in [3.63, 3.8) is 0 Å². The van der Waals surface area contributed by atoms with Crippen LogP contribution < -0.4 is 10.1 Å². The van der Waals surface area contributed by atoms with Crippen LogP contribution in [-0.4, -0.2) is 29.8 Å². The molecule has 2 N–H and O–H groups in total. The molecular formula is C13H14F3NO4. The van der Waals surface area contributed by atoms with Crippen molar-refractivity contribution in [1.29, 1.82) is 0 Å². The maximum absolute atomic E-state index is 12.2. The van der Waals surface area contributed by atoms with E-state index in [2.05, 4.69) is 0 Å². The van der Waals surface area contributed by atoms with Crippen molar-refractivity contribution in [2.24, 2.45) is 0 Å². The van der Waals surface area contributed by atoms with E-state index in [-0.39, 0.29) is 5.56 Å². The van der Waals surface area contributed by atoms with E-state index in [1.807, 2.05) is 0 Å². The Morgan fingerprint density at radius 1 is 1.29 bits per heavy atom. The number of hydrogen-bond donors (Lipinski definition) is 2. The second-order valence-electron chi connectivity index (χ2n) is 4.12. The molecule has 116 valence electrons. The third kappa shape index (κ3) is 5.33. The number of alkyl halides is 3. The summed E-state index contributed by atoms with van der Waals surface area (Å²) in [4.78, 5) is 21.7. The molecule has 0 heterocycles. The zero-order chi connectivity index (χ0) is 16.0. The molecule has 0 aliphatic rings. The number of benzene rings is 1. The zero-order valence-electron chi connectivity index (χ0n) is 11.1. The topological polar surface area (TPSA) is 75.6 Å². The van der Waals surface area contributed by atoms with Gasteiger partial charge < -0.3 is 15.2 Å². The van der Waals surface area contributed by atoms with Crippen LogP contribution in [-0.2, 0) is 9.59 Å². The van der Waals surface area contributed by atoms with Crippen molar-refractivity contribution in [2.45, 2.75) is 25.6 Å². The highest BCUT2D eigenvalue weighted by Gasteiger charge is 2.40. The van der Waals surface area contributed by atoms with E-state index >= 15 is 0 Å². The molecule has 1 amide bonds. The van der Waals surface area contributed by atoms with Gasteiger partial charge in [0.15, 0.2) is 0 Å². The molecule has 0 aliphatic carbocycles. The smallest absolute Gasteiger partial charge is 0.471 e. The minimum Gasteiger partial charge on any atom is -0.494 e. The van der Waals surface area contributed by atoms with Gasteiger partial charge in [0.2, 0.25) is 0 Å². The Kier molecular flexibility index (Phi) is 5.57. The average Bonchev–Trinajstić information content (AvgIpc) is 2.37. The summed E-state index contributed by atoms with van der Waals surface area (Å²) in [6, 6.07) is 4.54. The predicted molar refractivity (Wildman–Crippen MR) is 66.8 cm³/mol. The molecule has 1 rings (SSSR count). The Hall–Kier alpha value is -2.25. The molecule has 21 heavy (non-hydrogen) atoms. The molecule has 0 radical (unpaired) electrons. The van der Waals surface area contributed by atoms with Crippen molar-refractivity contribution in [2.75, 3.05) is 6.61 Å². The Bertz CT molecular complexity index is 499. The minimum absolute atomic E-state index is 0.249. The molecule has 0 saturated carbocycles. The summed E-state index contributed by atoms with van der Waals surface area (Å²) in [5, 5.41) is 10.4. The lowest BCUT2D eigenvalue weighted by Crippen LogP contribution is -2.39. The molecule has 0 aliphatic heterocycles. The summed E-state index contributed by atoms with van der Waals surface area (Å²) >= 11 is 0. The first-order valence-corrected chi connectivity index (χ1v) is 6.06. The number of nitrogens with one attached hydrogen (secondary N) is 1. The molecular weight excluding hydrogens is 291 g/mol. The summed E-state index contributed by atoms with van der Waals surface area (Å²) in [7, 11) is 0. The van der Waals surface area contributed by atoms with Gasteiger partial charge in [-0.15, -0.1) is 0 Å². The highest BCUT2D eigenvalue weighted by atomic mass is 19.4. The first kappa shape index (κ1) is 16.8. The Balaban J connectivity index is 2.91. The second kappa shape index (κ2) is 6.96.